The van der Waals surface area contributed by atoms with Gasteiger partial charge < -0.3 is 10.6 Å². The highest BCUT2D eigenvalue weighted by Crippen LogP contribution is 2.28. The van der Waals surface area contributed by atoms with Gasteiger partial charge in [-0.1, -0.05) is 36.8 Å². The fourth-order valence-corrected chi connectivity index (χ4v) is 3.69. The van der Waals surface area contributed by atoms with Crippen LogP contribution >= 0.6 is 0 Å². The number of rotatable bonds is 7. The lowest BCUT2D eigenvalue weighted by molar-refractivity contribution is -0.116. The van der Waals surface area contributed by atoms with E-state index in [0.717, 1.165) is 12.1 Å². The number of benzene rings is 2. The molecule has 0 bridgehead atoms. The zero-order valence-electron chi connectivity index (χ0n) is 14.9. The van der Waals surface area contributed by atoms with E-state index >= 15 is 0 Å². The molecule has 2 aromatic rings. The maximum absolute atomic E-state index is 12.1. The van der Waals surface area contributed by atoms with Crippen molar-refractivity contribution < 1.29 is 4.79 Å². The van der Waals surface area contributed by atoms with Crippen LogP contribution in [0, 0.1) is 17.2 Å². The summed E-state index contributed by atoms with van der Waals surface area (Å²) in [5.41, 5.74) is 2.72. The van der Waals surface area contributed by atoms with Crippen LogP contribution in [-0.2, 0) is 11.2 Å². The quantitative estimate of drug-likeness (QED) is 0.799. The third-order valence-electron chi connectivity index (χ3n) is 5.06. The van der Waals surface area contributed by atoms with E-state index in [1.165, 1.54) is 24.8 Å². The molecule has 0 heterocycles. The third-order valence-corrected chi connectivity index (χ3v) is 5.06. The maximum Gasteiger partial charge on any atom is 0.225 e. The molecule has 2 atom stereocenters. The molecule has 1 amide bonds. The SMILES string of the molecule is N#Cc1ccc(NC(=O)CCN[C@@H]2CCC[C@H]2Cc2ccccc2)cc1. The number of nitriles is 1. The summed E-state index contributed by atoms with van der Waals surface area (Å²) >= 11 is 0. The Morgan fingerprint density at radius 3 is 2.58 bits per heavy atom. The van der Waals surface area contributed by atoms with Gasteiger partial charge >= 0.3 is 0 Å². The second-order valence-electron chi connectivity index (χ2n) is 6.93. The summed E-state index contributed by atoms with van der Waals surface area (Å²) in [6.07, 6.45) is 5.26. The topological polar surface area (TPSA) is 64.9 Å². The Morgan fingerprint density at radius 2 is 1.85 bits per heavy atom. The minimum atomic E-state index is -0.000172. The number of carbonyl (C=O) groups is 1. The fraction of sp³-hybridized carbons (Fsp3) is 0.364. The predicted octanol–water partition coefficient (Wildman–Crippen LogP) is 3.89. The Morgan fingerprint density at radius 1 is 1.08 bits per heavy atom. The van der Waals surface area contributed by atoms with Crippen molar-refractivity contribution in [3.05, 3.63) is 65.7 Å². The van der Waals surface area contributed by atoms with Gasteiger partial charge in [-0.2, -0.15) is 5.26 Å². The van der Waals surface area contributed by atoms with Gasteiger partial charge in [-0.05, 0) is 55.0 Å². The van der Waals surface area contributed by atoms with E-state index in [1.54, 1.807) is 24.3 Å². The lowest BCUT2D eigenvalue weighted by atomic mass is 9.94. The van der Waals surface area contributed by atoms with Crippen LogP contribution in [0.4, 0.5) is 5.69 Å². The fourth-order valence-electron chi connectivity index (χ4n) is 3.69. The predicted molar refractivity (Wildman–Crippen MR) is 104 cm³/mol. The van der Waals surface area contributed by atoms with Crippen LogP contribution in [-0.4, -0.2) is 18.5 Å². The van der Waals surface area contributed by atoms with Gasteiger partial charge in [-0.3, -0.25) is 4.79 Å². The molecule has 0 aliphatic heterocycles. The van der Waals surface area contributed by atoms with Crippen molar-refractivity contribution in [2.45, 2.75) is 38.1 Å². The van der Waals surface area contributed by atoms with Crippen molar-refractivity contribution in [2.24, 2.45) is 5.92 Å². The highest BCUT2D eigenvalue weighted by atomic mass is 16.1. The Balaban J connectivity index is 1.41. The molecule has 4 nitrogen and oxygen atoms in total. The molecule has 0 saturated heterocycles. The molecule has 2 aromatic carbocycles. The number of hydrogen-bond donors (Lipinski definition) is 2. The number of hydrogen-bond acceptors (Lipinski definition) is 3. The van der Waals surface area contributed by atoms with Gasteiger partial charge in [0.25, 0.3) is 0 Å². The van der Waals surface area contributed by atoms with Crippen molar-refractivity contribution in [3.8, 4) is 6.07 Å². The van der Waals surface area contributed by atoms with Crippen molar-refractivity contribution >= 4 is 11.6 Å². The van der Waals surface area contributed by atoms with Crippen LogP contribution in [0.15, 0.2) is 54.6 Å². The van der Waals surface area contributed by atoms with Crippen LogP contribution in [0.3, 0.4) is 0 Å². The van der Waals surface area contributed by atoms with Gasteiger partial charge in [-0.15, -0.1) is 0 Å². The first-order valence-corrected chi connectivity index (χ1v) is 9.32. The van der Waals surface area contributed by atoms with Crippen molar-refractivity contribution in [1.82, 2.24) is 5.32 Å². The van der Waals surface area contributed by atoms with E-state index in [9.17, 15) is 4.79 Å². The summed E-state index contributed by atoms with van der Waals surface area (Å²) in [4.78, 5) is 12.1. The molecule has 1 aliphatic rings. The van der Waals surface area contributed by atoms with Gasteiger partial charge in [0.1, 0.15) is 0 Å². The molecular formula is C22H25N3O. The number of nitrogens with zero attached hydrogens (tertiary/aromatic N) is 1. The summed E-state index contributed by atoms with van der Waals surface area (Å²) in [5, 5.41) is 15.3. The van der Waals surface area contributed by atoms with Gasteiger partial charge in [0.05, 0.1) is 11.6 Å². The molecule has 4 heteroatoms. The summed E-state index contributed by atoms with van der Waals surface area (Å²) < 4.78 is 0. The van der Waals surface area contributed by atoms with E-state index in [4.69, 9.17) is 5.26 Å². The van der Waals surface area contributed by atoms with Gasteiger partial charge in [0.2, 0.25) is 5.91 Å². The first-order chi connectivity index (χ1) is 12.7. The average molecular weight is 347 g/mol. The molecule has 0 spiro atoms. The minimum Gasteiger partial charge on any atom is -0.326 e. The standard InChI is InChI=1S/C22H25N3O/c23-16-18-9-11-20(12-10-18)25-22(26)13-14-24-21-8-4-7-19(21)15-17-5-2-1-3-6-17/h1-3,5-6,9-12,19,21,24H,4,7-8,13-15H2,(H,25,26)/t19-,21+/m0/s1. The van der Waals surface area contributed by atoms with Gasteiger partial charge in [0.15, 0.2) is 0 Å². The molecule has 2 N–H and O–H groups in total. The van der Waals surface area contributed by atoms with E-state index in [0.29, 0.717) is 30.5 Å². The van der Waals surface area contributed by atoms with E-state index < -0.39 is 0 Å². The second kappa shape index (κ2) is 9.17. The van der Waals surface area contributed by atoms with Gasteiger partial charge in [-0.25, -0.2) is 0 Å². The molecule has 3 rings (SSSR count). The molecule has 1 saturated carbocycles. The summed E-state index contributed by atoms with van der Waals surface area (Å²) in [6.45, 7) is 0.693. The first-order valence-electron chi connectivity index (χ1n) is 9.32. The highest BCUT2D eigenvalue weighted by molar-refractivity contribution is 5.90. The van der Waals surface area contributed by atoms with Crippen LogP contribution < -0.4 is 10.6 Å². The second-order valence-corrected chi connectivity index (χ2v) is 6.93. The smallest absolute Gasteiger partial charge is 0.225 e. The van der Waals surface area contributed by atoms with Crippen molar-refractivity contribution in [1.29, 1.82) is 5.26 Å². The summed E-state index contributed by atoms with van der Waals surface area (Å²) in [7, 11) is 0. The van der Waals surface area contributed by atoms with E-state index in [1.807, 2.05) is 0 Å². The Kier molecular flexibility index (Phi) is 6.40. The Hall–Kier alpha value is -2.64. The summed E-state index contributed by atoms with van der Waals surface area (Å²) in [5.74, 6) is 0.652. The van der Waals surface area contributed by atoms with Crippen LogP contribution in [0.5, 0.6) is 0 Å². The lowest BCUT2D eigenvalue weighted by Crippen LogP contribution is -2.35. The molecule has 0 aromatic heterocycles. The zero-order valence-corrected chi connectivity index (χ0v) is 14.9. The third kappa shape index (κ3) is 5.18. The number of nitrogens with one attached hydrogen (secondary N) is 2. The molecule has 134 valence electrons. The van der Waals surface area contributed by atoms with Crippen LogP contribution in [0.1, 0.15) is 36.8 Å². The highest BCUT2D eigenvalue weighted by Gasteiger charge is 2.26. The molecular weight excluding hydrogens is 322 g/mol. The van der Waals surface area contributed by atoms with Crippen LogP contribution in [0.25, 0.3) is 0 Å². The van der Waals surface area contributed by atoms with Crippen LogP contribution in [0.2, 0.25) is 0 Å². The summed E-state index contributed by atoms with van der Waals surface area (Å²) in [6, 6.07) is 20.1. The number of carbonyl (C=O) groups excluding carboxylic acids is 1. The Bertz CT molecular complexity index is 749. The first kappa shape index (κ1) is 18.2. The molecule has 26 heavy (non-hydrogen) atoms. The number of amides is 1. The molecule has 1 fully saturated rings. The molecule has 0 radical (unpaired) electrons. The van der Waals surface area contributed by atoms with Crippen molar-refractivity contribution in [3.63, 3.8) is 0 Å². The molecule has 0 unspecified atom stereocenters. The lowest BCUT2D eigenvalue weighted by Gasteiger charge is -2.21. The largest absolute Gasteiger partial charge is 0.326 e. The average Bonchev–Trinajstić information content (AvgIpc) is 3.10. The van der Waals surface area contributed by atoms with Crippen molar-refractivity contribution in [2.75, 3.05) is 11.9 Å². The Labute approximate surface area is 155 Å². The van der Waals surface area contributed by atoms with E-state index in [-0.39, 0.29) is 5.91 Å². The van der Waals surface area contributed by atoms with E-state index in [2.05, 4.69) is 47.0 Å². The normalized spacial score (nSPS) is 19.0. The molecule has 1 aliphatic carbocycles. The van der Waals surface area contributed by atoms with Gasteiger partial charge in [0, 0.05) is 24.7 Å². The zero-order chi connectivity index (χ0) is 18.2. The minimum absolute atomic E-state index is 0.000172. The maximum atomic E-state index is 12.1. The monoisotopic (exact) mass is 347 g/mol. The number of anilines is 1.